The number of fused-ring (bicyclic) bond motifs is 1. The molecule has 0 radical (unpaired) electrons. The quantitative estimate of drug-likeness (QED) is 0.524. The van der Waals surface area contributed by atoms with Crippen LogP contribution in [0.2, 0.25) is 0 Å². The lowest BCUT2D eigenvalue weighted by Gasteiger charge is -2.04. The van der Waals surface area contributed by atoms with Crippen LogP contribution in [0.25, 0.3) is 16.9 Å². The molecule has 2 aromatic heterocycles. The maximum atomic E-state index is 11.3. The molecule has 2 aromatic carbocycles. The number of aryl methyl sites for hydroxylation is 1. The summed E-state index contributed by atoms with van der Waals surface area (Å²) in [4.78, 5) is 9.24. The average Bonchev–Trinajstić information content (AvgIpc) is 3.17. The van der Waals surface area contributed by atoms with Crippen LogP contribution in [0.5, 0.6) is 0 Å². The van der Waals surface area contributed by atoms with Gasteiger partial charge in [0.2, 0.25) is 10.0 Å². The molecule has 0 bridgehead atoms. The van der Waals surface area contributed by atoms with Crippen LogP contribution >= 0.6 is 23.7 Å². The standard InChI is InChI=1S/C17H15N5O2S2.ClH/c1-11-19-14-4-2-3-5-15(14)22(11)16-10-25-17(21-16)20-12-6-8-13(9-7-12)26(18,23)24;/h2-10H,1H3,(H,20,21)(H2,18,23,24);1H. The summed E-state index contributed by atoms with van der Waals surface area (Å²) < 4.78 is 24.6. The van der Waals surface area contributed by atoms with Gasteiger partial charge in [0.1, 0.15) is 5.82 Å². The van der Waals surface area contributed by atoms with Crippen molar-refractivity contribution in [2.24, 2.45) is 5.14 Å². The van der Waals surface area contributed by atoms with Gasteiger partial charge in [-0.3, -0.25) is 4.57 Å². The molecule has 0 saturated carbocycles. The molecule has 0 unspecified atom stereocenters. The van der Waals surface area contributed by atoms with Crippen LogP contribution in [-0.4, -0.2) is 23.0 Å². The maximum absolute atomic E-state index is 11.3. The number of nitrogens with two attached hydrogens (primary N) is 1. The van der Waals surface area contributed by atoms with Crippen LogP contribution in [0.1, 0.15) is 5.82 Å². The number of benzene rings is 2. The van der Waals surface area contributed by atoms with Crippen molar-refractivity contribution < 1.29 is 8.42 Å². The van der Waals surface area contributed by atoms with Crippen molar-refractivity contribution in [3.8, 4) is 5.82 Å². The Labute approximate surface area is 166 Å². The first-order valence-electron chi connectivity index (χ1n) is 7.72. The summed E-state index contributed by atoms with van der Waals surface area (Å²) in [6, 6.07) is 14.1. The Balaban J connectivity index is 0.00000210. The highest BCUT2D eigenvalue weighted by Gasteiger charge is 2.12. The molecule has 3 N–H and O–H groups in total. The average molecular weight is 422 g/mol. The molecule has 0 aliphatic carbocycles. The Morgan fingerprint density at radius 3 is 2.48 bits per heavy atom. The number of imidazole rings is 1. The van der Waals surface area contributed by atoms with Gasteiger partial charge < -0.3 is 5.32 Å². The minimum Gasteiger partial charge on any atom is -0.331 e. The number of thiazole rings is 1. The van der Waals surface area contributed by atoms with Crippen molar-refractivity contribution in [2.75, 3.05) is 5.32 Å². The molecular weight excluding hydrogens is 406 g/mol. The molecule has 0 fully saturated rings. The fourth-order valence-corrected chi connectivity index (χ4v) is 3.93. The molecule has 7 nitrogen and oxygen atoms in total. The number of nitrogens with zero attached hydrogens (tertiary/aromatic N) is 3. The molecule has 4 rings (SSSR count). The molecule has 0 aliphatic heterocycles. The van der Waals surface area contributed by atoms with E-state index in [0.29, 0.717) is 5.13 Å². The van der Waals surface area contributed by atoms with Crippen LogP contribution in [0.15, 0.2) is 58.8 Å². The number of aromatic nitrogens is 3. The van der Waals surface area contributed by atoms with Crippen LogP contribution in [0, 0.1) is 6.92 Å². The van der Waals surface area contributed by atoms with Crippen LogP contribution in [-0.2, 0) is 10.0 Å². The fraction of sp³-hybridized carbons (Fsp3) is 0.0588. The monoisotopic (exact) mass is 421 g/mol. The van der Waals surface area contributed by atoms with Crippen molar-refractivity contribution in [1.82, 2.24) is 14.5 Å². The van der Waals surface area contributed by atoms with Crippen molar-refractivity contribution in [3.63, 3.8) is 0 Å². The summed E-state index contributed by atoms with van der Waals surface area (Å²) in [6.45, 7) is 1.94. The summed E-state index contributed by atoms with van der Waals surface area (Å²) in [5, 5.41) is 10.9. The second-order valence-corrected chi connectivity index (χ2v) is 8.11. The molecule has 4 aromatic rings. The van der Waals surface area contributed by atoms with Crippen molar-refractivity contribution in [1.29, 1.82) is 0 Å². The number of anilines is 2. The second-order valence-electron chi connectivity index (χ2n) is 5.69. The third kappa shape index (κ3) is 3.81. The highest BCUT2D eigenvalue weighted by Crippen LogP contribution is 2.27. The van der Waals surface area contributed by atoms with Gasteiger partial charge in [-0.15, -0.1) is 23.7 Å². The zero-order valence-corrected chi connectivity index (χ0v) is 16.6. The molecule has 0 aliphatic rings. The number of nitrogens with one attached hydrogen (secondary N) is 1. The van der Waals surface area contributed by atoms with Crippen LogP contribution < -0.4 is 10.5 Å². The lowest BCUT2D eigenvalue weighted by Crippen LogP contribution is -2.11. The Morgan fingerprint density at radius 2 is 1.78 bits per heavy atom. The fourth-order valence-electron chi connectivity index (χ4n) is 2.71. The van der Waals surface area contributed by atoms with Crippen molar-refractivity contribution in [2.45, 2.75) is 11.8 Å². The van der Waals surface area contributed by atoms with E-state index in [0.717, 1.165) is 28.4 Å². The molecule has 0 spiro atoms. The highest BCUT2D eigenvalue weighted by atomic mass is 35.5. The predicted molar refractivity (Wildman–Crippen MR) is 110 cm³/mol. The lowest BCUT2D eigenvalue weighted by atomic mass is 10.3. The molecule has 10 heteroatoms. The second kappa shape index (κ2) is 7.28. The van der Waals surface area contributed by atoms with Gasteiger partial charge in [-0.2, -0.15) is 0 Å². The van der Waals surface area contributed by atoms with Gasteiger partial charge in [-0.25, -0.2) is 23.5 Å². The van der Waals surface area contributed by atoms with E-state index in [1.54, 1.807) is 12.1 Å². The minimum absolute atomic E-state index is 0. The van der Waals surface area contributed by atoms with Gasteiger partial charge in [0.05, 0.1) is 15.9 Å². The maximum Gasteiger partial charge on any atom is 0.238 e. The number of hydrogen-bond acceptors (Lipinski definition) is 6. The molecule has 0 amide bonds. The highest BCUT2D eigenvalue weighted by molar-refractivity contribution is 7.89. The van der Waals surface area contributed by atoms with Gasteiger partial charge in [-0.1, -0.05) is 12.1 Å². The smallest absolute Gasteiger partial charge is 0.238 e. The Hall–Kier alpha value is -2.46. The first-order valence-corrected chi connectivity index (χ1v) is 10.1. The number of para-hydroxylation sites is 2. The Morgan fingerprint density at radius 1 is 1.07 bits per heavy atom. The lowest BCUT2D eigenvalue weighted by molar-refractivity contribution is 0.598. The summed E-state index contributed by atoms with van der Waals surface area (Å²) in [6.07, 6.45) is 0. The third-order valence-corrected chi connectivity index (χ3v) is 5.56. The summed E-state index contributed by atoms with van der Waals surface area (Å²) >= 11 is 1.46. The van der Waals surface area contributed by atoms with E-state index in [2.05, 4.69) is 15.3 Å². The number of sulfonamides is 1. The summed E-state index contributed by atoms with van der Waals surface area (Å²) in [7, 11) is -3.69. The zero-order valence-electron chi connectivity index (χ0n) is 14.2. The predicted octanol–water partition coefficient (Wildman–Crippen LogP) is 3.60. The van der Waals surface area contributed by atoms with E-state index in [-0.39, 0.29) is 17.3 Å². The van der Waals surface area contributed by atoms with Gasteiger partial charge in [0.25, 0.3) is 0 Å². The van der Waals surface area contributed by atoms with Crippen molar-refractivity contribution >= 4 is 55.6 Å². The largest absolute Gasteiger partial charge is 0.331 e. The summed E-state index contributed by atoms with van der Waals surface area (Å²) in [5.74, 6) is 1.64. The normalized spacial score (nSPS) is 11.3. The first kappa shape index (κ1) is 19.3. The molecule has 27 heavy (non-hydrogen) atoms. The van der Waals surface area contributed by atoms with Gasteiger partial charge in [-0.05, 0) is 43.3 Å². The van der Waals surface area contributed by atoms with Crippen LogP contribution in [0.3, 0.4) is 0 Å². The van der Waals surface area contributed by atoms with E-state index in [9.17, 15) is 8.42 Å². The molecule has 0 saturated heterocycles. The van der Waals surface area contributed by atoms with Crippen LogP contribution in [0.4, 0.5) is 10.8 Å². The number of hydrogen-bond donors (Lipinski definition) is 2. The molecule has 2 heterocycles. The van der Waals surface area contributed by atoms with Gasteiger partial charge >= 0.3 is 0 Å². The number of rotatable bonds is 4. The first-order chi connectivity index (χ1) is 12.4. The Kier molecular flexibility index (Phi) is 5.20. The molecule has 140 valence electrons. The Bertz CT molecular complexity index is 1200. The van der Waals surface area contributed by atoms with Gasteiger partial charge in [0, 0.05) is 11.1 Å². The van der Waals surface area contributed by atoms with E-state index in [1.165, 1.54) is 23.5 Å². The third-order valence-electron chi connectivity index (χ3n) is 3.88. The number of halogens is 1. The van der Waals surface area contributed by atoms with E-state index in [1.807, 2.05) is 41.1 Å². The summed E-state index contributed by atoms with van der Waals surface area (Å²) in [5.41, 5.74) is 2.65. The van der Waals surface area contributed by atoms with E-state index in [4.69, 9.17) is 5.14 Å². The molecule has 0 atom stereocenters. The molecular formula is C17H16ClN5O2S2. The van der Waals surface area contributed by atoms with E-state index < -0.39 is 10.0 Å². The van der Waals surface area contributed by atoms with Gasteiger partial charge in [0.15, 0.2) is 10.9 Å². The topological polar surface area (TPSA) is 103 Å². The number of primary sulfonamides is 1. The van der Waals surface area contributed by atoms with Crippen molar-refractivity contribution in [3.05, 3.63) is 59.7 Å². The minimum atomic E-state index is -3.69. The van der Waals surface area contributed by atoms with E-state index >= 15 is 0 Å². The SMILES string of the molecule is Cc1nc2ccccc2n1-c1csc(Nc2ccc(S(N)(=O)=O)cc2)n1.Cl. The zero-order chi connectivity index (χ0) is 18.3.